The standard InChI is InChI=1S/C16H13FN2O/c1-20-13-8-6-12(7-9-13)10-16(17)19-11-18-14-4-2-3-5-15(14)19/h2-11H,1H3/b16-10-. The Bertz CT molecular complexity index is 760. The summed E-state index contributed by atoms with van der Waals surface area (Å²) in [7, 11) is 1.60. The summed E-state index contributed by atoms with van der Waals surface area (Å²) in [5.41, 5.74) is 2.28. The molecule has 3 aromatic rings. The summed E-state index contributed by atoms with van der Waals surface area (Å²) in [6.45, 7) is 0. The second kappa shape index (κ2) is 5.17. The first kappa shape index (κ1) is 12.4. The van der Waals surface area contributed by atoms with Crippen molar-refractivity contribution in [3.8, 4) is 5.75 Å². The lowest BCUT2D eigenvalue weighted by atomic mass is 10.2. The van der Waals surface area contributed by atoms with Crippen LogP contribution in [0.15, 0.2) is 54.9 Å². The van der Waals surface area contributed by atoms with Crippen LogP contribution in [0, 0.1) is 0 Å². The summed E-state index contributed by atoms with van der Waals surface area (Å²) in [6.07, 6.45) is 2.95. The fourth-order valence-electron chi connectivity index (χ4n) is 2.04. The normalized spacial score (nSPS) is 11.8. The molecule has 3 rings (SSSR count). The minimum atomic E-state index is -0.371. The molecule has 100 valence electrons. The molecule has 0 amide bonds. The van der Waals surface area contributed by atoms with Gasteiger partial charge in [0.15, 0.2) is 5.95 Å². The van der Waals surface area contributed by atoms with Crippen molar-refractivity contribution in [3.05, 3.63) is 60.4 Å². The lowest BCUT2D eigenvalue weighted by Gasteiger charge is -2.02. The average molecular weight is 268 g/mol. The number of hydrogen-bond acceptors (Lipinski definition) is 2. The molecule has 2 aromatic carbocycles. The molecule has 1 aromatic heterocycles. The van der Waals surface area contributed by atoms with Gasteiger partial charge in [-0.25, -0.2) is 4.98 Å². The van der Waals surface area contributed by atoms with Crippen LogP contribution in [-0.2, 0) is 0 Å². The molecule has 0 unspecified atom stereocenters. The number of ether oxygens (including phenoxy) is 1. The SMILES string of the molecule is COc1ccc(/C=C(/F)n2cnc3ccccc32)cc1. The van der Waals surface area contributed by atoms with Crippen molar-refractivity contribution in [2.24, 2.45) is 0 Å². The summed E-state index contributed by atoms with van der Waals surface area (Å²) in [5.74, 6) is 0.375. The lowest BCUT2D eigenvalue weighted by Crippen LogP contribution is -1.90. The molecule has 0 N–H and O–H groups in total. The summed E-state index contributed by atoms with van der Waals surface area (Å²) >= 11 is 0. The molecule has 4 heteroatoms. The highest BCUT2D eigenvalue weighted by atomic mass is 19.1. The van der Waals surface area contributed by atoms with Gasteiger partial charge in [-0.05, 0) is 35.9 Å². The third-order valence-electron chi connectivity index (χ3n) is 3.09. The maximum atomic E-state index is 14.3. The van der Waals surface area contributed by atoms with E-state index in [0.29, 0.717) is 0 Å². The molecule has 0 radical (unpaired) electrons. The predicted octanol–water partition coefficient (Wildman–Crippen LogP) is 3.97. The zero-order chi connectivity index (χ0) is 13.9. The Morgan fingerprint density at radius 3 is 2.65 bits per heavy atom. The van der Waals surface area contributed by atoms with E-state index < -0.39 is 0 Å². The Balaban J connectivity index is 1.98. The fraction of sp³-hybridized carbons (Fsp3) is 0.0625. The van der Waals surface area contributed by atoms with Gasteiger partial charge in [0.2, 0.25) is 0 Å². The fourth-order valence-corrected chi connectivity index (χ4v) is 2.04. The van der Waals surface area contributed by atoms with Gasteiger partial charge in [0.05, 0.1) is 18.1 Å². The van der Waals surface area contributed by atoms with Gasteiger partial charge in [-0.1, -0.05) is 24.3 Å². The van der Waals surface area contributed by atoms with Gasteiger partial charge in [0.25, 0.3) is 0 Å². The molecule has 0 aliphatic rings. The number of imidazole rings is 1. The van der Waals surface area contributed by atoms with Crippen LogP contribution in [0.1, 0.15) is 5.56 Å². The Kier molecular flexibility index (Phi) is 3.21. The molecule has 3 nitrogen and oxygen atoms in total. The first-order chi connectivity index (χ1) is 9.78. The van der Waals surface area contributed by atoms with Gasteiger partial charge in [-0.15, -0.1) is 0 Å². The molecule has 0 aliphatic heterocycles. The number of halogens is 1. The van der Waals surface area contributed by atoms with Gasteiger partial charge in [-0.3, -0.25) is 4.57 Å². The zero-order valence-electron chi connectivity index (χ0n) is 11.0. The van der Waals surface area contributed by atoms with Crippen molar-refractivity contribution < 1.29 is 9.13 Å². The third kappa shape index (κ3) is 2.28. The number of aromatic nitrogens is 2. The highest BCUT2D eigenvalue weighted by Crippen LogP contribution is 2.21. The van der Waals surface area contributed by atoms with Crippen molar-refractivity contribution in [2.45, 2.75) is 0 Å². The molecule has 20 heavy (non-hydrogen) atoms. The van der Waals surface area contributed by atoms with Crippen molar-refractivity contribution in [1.29, 1.82) is 0 Å². The van der Waals surface area contributed by atoms with Gasteiger partial charge < -0.3 is 4.74 Å². The Labute approximate surface area is 115 Å². The molecule has 0 fully saturated rings. The van der Waals surface area contributed by atoms with E-state index in [2.05, 4.69) is 4.98 Å². The minimum absolute atomic E-state index is 0.371. The maximum Gasteiger partial charge on any atom is 0.200 e. The van der Waals surface area contributed by atoms with Crippen LogP contribution >= 0.6 is 0 Å². The number of para-hydroxylation sites is 2. The smallest absolute Gasteiger partial charge is 0.200 e. The van der Waals surface area contributed by atoms with Gasteiger partial charge in [-0.2, -0.15) is 4.39 Å². The van der Waals surface area contributed by atoms with Gasteiger partial charge in [0, 0.05) is 0 Å². The molecule has 0 spiro atoms. The molecule has 0 bridgehead atoms. The summed E-state index contributed by atoms with van der Waals surface area (Å²) in [4.78, 5) is 4.17. The Hall–Kier alpha value is -2.62. The van der Waals surface area contributed by atoms with E-state index in [1.54, 1.807) is 31.4 Å². The minimum Gasteiger partial charge on any atom is -0.497 e. The zero-order valence-corrected chi connectivity index (χ0v) is 11.0. The molecule has 0 saturated carbocycles. The molecule has 0 atom stereocenters. The van der Waals surface area contributed by atoms with E-state index in [9.17, 15) is 4.39 Å². The highest BCUT2D eigenvalue weighted by Gasteiger charge is 2.05. The van der Waals surface area contributed by atoms with Crippen LogP contribution in [0.4, 0.5) is 4.39 Å². The summed E-state index contributed by atoms with van der Waals surface area (Å²) in [6, 6.07) is 14.6. The van der Waals surface area contributed by atoms with Gasteiger partial charge >= 0.3 is 0 Å². The number of hydrogen-bond donors (Lipinski definition) is 0. The average Bonchev–Trinajstić information content (AvgIpc) is 2.92. The van der Waals surface area contributed by atoms with E-state index in [4.69, 9.17) is 4.74 Å². The van der Waals surface area contributed by atoms with Crippen LogP contribution in [0.25, 0.3) is 23.1 Å². The van der Waals surface area contributed by atoms with Crippen LogP contribution < -0.4 is 4.74 Å². The van der Waals surface area contributed by atoms with Crippen molar-refractivity contribution in [1.82, 2.24) is 9.55 Å². The first-order valence-corrected chi connectivity index (χ1v) is 6.21. The van der Waals surface area contributed by atoms with E-state index in [1.165, 1.54) is 17.0 Å². The van der Waals surface area contributed by atoms with Gasteiger partial charge in [0.1, 0.15) is 12.1 Å². The van der Waals surface area contributed by atoms with Crippen LogP contribution in [0.3, 0.4) is 0 Å². The van der Waals surface area contributed by atoms with Crippen molar-refractivity contribution in [3.63, 3.8) is 0 Å². The number of rotatable bonds is 3. The van der Waals surface area contributed by atoms with E-state index in [-0.39, 0.29) is 5.95 Å². The second-order valence-electron chi connectivity index (χ2n) is 4.34. The topological polar surface area (TPSA) is 27.1 Å². The number of methoxy groups -OCH3 is 1. The Morgan fingerprint density at radius 2 is 1.90 bits per heavy atom. The lowest BCUT2D eigenvalue weighted by molar-refractivity contribution is 0.415. The van der Waals surface area contributed by atoms with Crippen LogP contribution in [-0.4, -0.2) is 16.7 Å². The van der Waals surface area contributed by atoms with Crippen molar-refractivity contribution >= 4 is 23.1 Å². The van der Waals surface area contributed by atoms with Crippen LogP contribution in [0.5, 0.6) is 5.75 Å². The second-order valence-corrected chi connectivity index (χ2v) is 4.34. The first-order valence-electron chi connectivity index (χ1n) is 6.21. The largest absolute Gasteiger partial charge is 0.497 e. The highest BCUT2D eigenvalue weighted by molar-refractivity contribution is 5.81. The van der Waals surface area contributed by atoms with E-state index in [0.717, 1.165) is 22.3 Å². The summed E-state index contributed by atoms with van der Waals surface area (Å²) in [5, 5.41) is 0. The Morgan fingerprint density at radius 1 is 1.15 bits per heavy atom. The summed E-state index contributed by atoms with van der Waals surface area (Å²) < 4.78 is 20.8. The monoisotopic (exact) mass is 268 g/mol. The molecule has 1 heterocycles. The van der Waals surface area contributed by atoms with Crippen molar-refractivity contribution in [2.75, 3.05) is 7.11 Å². The van der Waals surface area contributed by atoms with E-state index >= 15 is 0 Å². The molecule has 0 aliphatic carbocycles. The third-order valence-corrected chi connectivity index (χ3v) is 3.09. The molecule has 0 saturated heterocycles. The molecular weight excluding hydrogens is 255 g/mol. The quantitative estimate of drug-likeness (QED) is 0.718. The molecular formula is C16H13FN2O. The number of benzene rings is 2. The van der Waals surface area contributed by atoms with Crippen LogP contribution in [0.2, 0.25) is 0 Å². The predicted molar refractivity (Wildman–Crippen MR) is 78.0 cm³/mol. The maximum absolute atomic E-state index is 14.3. The van der Waals surface area contributed by atoms with E-state index in [1.807, 2.05) is 24.3 Å². The number of fused-ring (bicyclic) bond motifs is 1. The number of nitrogens with zero attached hydrogens (tertiary/aromatic N) is 2.